The van der Waals surface area contributed by atoms with Gasteiger partial charge in [-0.1, -0.05) is 11.3 Å². The summed E-state index contributed by atoms with van der Waals surface area (Å²) in [5, 5.41) is 13.6. The van der Waals surface area contributed by atoms with E-state index in [-0.39, 0.29) is 37.5 Å². The number of nitrogens with zero attached hydrogens (tertiary/aromatic N) is 7. The number of halogens is 2. The molecule has 10 nitrogen and oxygen atoms in total. The summed E-state index contributed by atoms with van der Waals surface area (Å²) in [4.78, 5) is 9.02. The zero-order valence-electron chi connectivity index (χ0n) is 17.9. The molecule has 2 N–H and O–H groups in total. The molecule has 6 rings (SSSR count). The van der Waals surface area contributed by atoms with Gasteiger partial charge in [-0.05, 0) is 25.0 Å². The number of alkyl halides is 2. The highest BCUT2D eigenvalue weighted by molar-refractivity contribution is 5.95. The van der Waals surface area contributed by atoms with Crippen LogP contribution >= 0.6 is 0 Å². The fourth-order valence-corrected chi connectivity index (χ4v) is 4.70. The lowest BCUT2D eigenvalue weighted by Crippen LogP contribution is -2.38. The molecule has 0 bridgehead atoms. The summed E-state index contributed by atoms with van der Waals surface area (Å²) in [5.74, 6) is -1.27. The minimum Gasteiger partial charge on any atom is -0.494 e. The fourth-order valence-electron chi connectivity index (χ4n) is 4.70. The Hall–Kier alpha value is -3.41. The van der Waals surface area contributed by atoms with Crippen LogP contribution in [0.1, 0.15) is 42.5 Å². The number of hydrogen-bond donors (Lipinski definition) is 1. The Morgan fingerprint density at radius 3 is 2.88 bits per heavy atom. The number of benzene rings is 1. The number of anilines is 1. The van der Waals surface area contributed by atoms with Gasteiger partial charge in [-0.3, -0.25) is 0 Å². The maximum atomic E-state index is 13.2. The second kappa shape index (κ2) is 7.30. The number of methoxy groups -OCH3 is 1. The lowest BCUT2D eigenvalue weighted by Gasteiger charge is -2.36. The molecule has 0 radical (unpaired) electrons. The van der Waals surface area contributed by atoms with Crippen LogP contribution in [-0.2, 0) is 24.2 Å². The quantitative estimate of drug-likeness (QED) is 0.487. The summed E-state index contributed by atoms with van der Waals surface area (Å²) in [6.07, 6.45) is 1.61. The number of ether oxygens (including phenoxy) is 2. The number of fused-ring (bicyclic) bond motifs is 4. The van der Waals surface area contributed by atoms with Gasteiger partial charge < -0.3 is 15.2 Å². The van der Waals surface area contributed by atoms with E-state index in [2.05, 4.69) is 25.4 Å². The van der Waals surface area contributed by atoms with Crippen molar-refractivity contribution in [2.24, 2.45) is 0 Å². The van der Waals surface area contributed by atoms with Crippen LogP contribution in [0.25, 0.3) is 16.6 Å². The van der Waals surface area contributed by atoms with Gasteiger partial charge in [-0.25, -0.2) is 23.4 Å². The van der Waals surface area contributed by atoms with Crippen LogP contribution < -0.4 is 10.5 Å². The normalized spacial score (nSPS) is 20.2. The van der Waals surface area contributed by atoms with E-state index >= 15 is 0 Å². The highest BCUT2D eigenvalue weighted by Crippen LogP contribution is 2.46. The Morgan fingerprint density at radius 2 is 2.09 bits per heavy atom. The van der Waals surface area contributed by atoms with Crippen molar-refractivity contribution in [3.8, 4) is 5.75 Å². The summed E-state index contributed by atoms with van der Waals surface area (Å²) in [5.41, 5.74) is 9.07. The summed E-state index contributed by atoms with van der Waals surface area (Å²) >= 11 is 0. The van der Waals surface area contributed by atoms with Crippen molar-refractivity contribution in [3.05, 3.63) is 35.4 Å². The first kappa shape index (κ1) is 20.2. The molecule has 1 aromatic carbocycles. The van der Waals surface area contributed by atoms with Gasteiger partial charge in [0.1, 0.15) is 17.9 Å². The van der Waals surface area contributed by atoms with Crippen LogP contribution in [0.4, 0.5) is 14.7 Å². The smallest absolute Gasteiger partial charge is 0.252 e. The maximum Gasteiger partial charge on any atom is 0.252 e. The molecule has 3 heterocycles. The van der Waals surface area contributed by atoms with Crippen LogP contribution in [0, 0.1) is 0 Å². The lowest BCUT2D eigenvalue weighted by atomic mass is 9.87. The van der Waals surface area contributed by atoms with Crippen LogP contribution in [0.3, 0.4) is 0 Å². The van der Waals surface area contributed by atoms with Gasteiger partial charge >= 0.3 is 0 Å². The van der Waals surface area contributed by atoms with Crippen molar-refractivity contribution in [2.75, 3.05) is 12.8 Å². The molecule has 2 aliphatic carbocycles. The summed E-state index contributed by atoms with van der Waals surface area (Å²) in [6, 6.07) is 5.31. The van der Waals surface area contributed by atoms with E-state index in [4.69, 9.17) is 15.2 Å². The highest BCUT2D eigenvalue weighted by Gasteiger charge is 2.48. The van der Waals surface area contributed by atoms with Crippen molar-refractivity contribution < 1.29 is 18.3 Å². The number of para-hydroxylation sites is 1. The Balaban J connectivity index is 1.18. The van der Waals surface area contributed by atoms with Crippen LogP contribution in [-0.4, -0.2) is 53.7 Å². The van der Waals surface area contributed by atoms with Gasteiger partial charge in [0.05, 0.1) is 30.6 Å². The van der Waals surface area contributed by atoms with Gasteiger partial charge in [0.2, 0.25) is 5.95 Å². The Kier molecular flexibility index (Phi) is 4.47. The van der Waals surface area contributed by atoms with Crippen molar-refractivity contribution >= 4 is 22.5 Å². The molecule has 1 atom stereocenters. The van der Waals surface area contributed by atoms with Gasteiger partial charge in [0.25, 0.3) is 5.92 Å². The van der Waals surface area contributed by atoms with Crippen LogP contribution in [0.5, 0.6) is 5.75 Å². The Bertz CT molecular complexity index is 1360. The third kappa shape index (κ3) is 3.36. The van der Waals surface area contributed by atoms with E-state index in [1.165, 1.54) is 4.52 Å². The van der Waals surface area contributed by atoms with E-state index in [1.54, 1.807) is 11.8 Å². The first-order chi connectivity index (χ1) is 15.9. The van der Waals surface area contributed by atoms with Crippen LogP contribution in [0.15, 0.2) is 18.2 Å². The third-order valence-corrected chi connectivity index (χ3v) is 6.41. The van der Waals surface area contributed by atoms with Crippen LogP contribution in [0.2, 0.25) is 0 Å². The predicted octanol–water partition coefficient (Wildman–Crippen LogP) is 2.50. The highest BCUT2D eigenvalue weighted by atomic mass is 19.3. The van der Waals surface area contributed by atoms with Gasteiger partial charge in [-0.15, -0.1) is 10.2 Å². The predicted molar refractivity (Wildman–Crippen MR) is 113 cm³/mol. The standard InChI is InChI=1S/C21H22F2N8O2/c1-32-16-4-2-3-13-18(16)26-20(24)31-19(13)25-17(28-31)10-33-12-5-6-15-14(7-12)27-29-30(15)11-8-21(22,23)9-11/h2-4,11-12H,5-10H2,1H3,(H2,24,26). The molecule has 0 saturated heterocycles. The number of nitrogen functional groups attached to an aromatic ring is 1. The monoisotopic (exact) mass is 456 g/mol. The number of nitrogens with two attached hydrogens (primary N) is 1. The van der Waals surface area contributed by atoms with E-state index in [0.29, 0.717) is 35.6 Å². The van der Waals surface area contributed by atoms with E-state index in [9.17, 15) is 8.78 Å². The Morgan fingerprint density at radius 1 is 1.24 bits per heavy atom. The SMILES string of the molecule is COc1cccc2c1nc(N)n1nc(COC3CCc4c(nnn4C4CC(F)(F)C4)C3)nc21. The second-order valence-electron chi connectivity index (χ2n) is 8.61. The number of rotatable bonds is 5. The molecule has 0 amide bonds. The molecule has 3 aromatic heterocycles. The number of aromatic nitrogens is 7. The molecule has 2 aliphatic rings. The summed E-state index contributed by atoms with van der Waals surface area (Å²) in [6.45, 7) is 0.204. The van der Waals surface area contributed by atoms with E-state index < -0.39 is 5.92 Å². The fraction of sp³-hybridized carbons (Fsp3) is 0.476. The van der Waals surface area contributed by atoms with Crippen molar-refractivity contribution in [3.63, 3.8) is 0 Å². The topological polar surface area (TPSA) is 118 Å². The molecular formula is C21H22F2N8O2. The zero-order chi connectivity index (χ0) is 22.7. The average Bonchev–Trinajstić information content (AvgIpc) is 3.40. The Labute approximate surface area is 186 Å². The average molecular weight is 456 g/mol. The largest absolute Gasteiger partial charge is 0.494 e. The molecule has 1 unspecified atom stereocenters. The molecule has 12 heteroatoms. The first-order valence-corrected chi connectivity index (χ1v) is 10.8. The summed E-state index contributed by atoms with van der Waals surface area (Å²) < 4.78 is 41.1. The molecule has 4 aromatic rings. The van der Waals surface area contributed by atoms with Crippen molar-refractivity contribution in [1.82, 2.24) is 34.6 Å². The summed E-state index contributed by atoms with van der Waals surface area (Å²) in [7, 11) is 1.58. The molecule has 0 aliphatic heterocycles. The van der Waals surface area contributed by atoms with Gasteiger partial charge in [0, 0.05) is 24.6 Å². The maximum absolute atomic E-state index is 13.2. The minimum absolute atomic E-state index is 0.0793. The zero-order valence-corrected chi connectivity index (χ0v) is 17.9. The van der Waals surface area contributed by atoms with Crippen molar-refractivity contribution in [1.29, 1.82) is 0 Å². The van der Waals surface area contributed by atoms with Gasteiger partial charge in [0.15, 0.2) is 11.5 Å². The third-order valence-electron chi connectivity index (χ3n) is 6.41. The molecule has 0 spiro atoms. The molecule has 1 saturated carbocycles. The minimum atomic E-state index is -2.58. The van der Waals surface area contributed by atoms with E-state index in [1.807, 2.05) is 18.2 Å². The molecule has 1 fully saturated rings. The van der Waals surface area contributed by atoms with Gasteiger partial charge in [-0.2, -0.15) is 4.52 Å². The first-order valence-electron chi connectivity index (χ1n) is 10.8. The van der Waals surface area contributed by atoms with Crippen molar-refractivity contribution in [2.45, 2.75) is 56.8 Å². The molecule has 172 valence electrons. The number of hydrogen-bond acceptors (Lipinski definition) is 8. The lowest BCUT2D eigenvalue weighted by molar-refractivity contribution is -0.108. The van der Waals surface area contributed by atoms with E-state index in [0.717, 1.165) is 23.2 Å². The molecular weight excluding hydrogens is 434 g/mol. The molecule has 33 heavy (non-hydrogen) atoms. The second-order valence-corrected chi connectivity index (χ2v) is 8.61.